The van der Waals surface area contributed by atoms with Crippen LogP contribution < -0.4 is 5.46 Å². The lowest BCUT2D eigenvalue weighted by Gasteiger charge is -2.32. The van der Waals surface area contributed by atoms with E-state index in [2.05, 4.69) is 71.8 Å². The maximum Gasteiger partial charge on any atom is 0.495 e. The Labute approximate surface area is 123 Å². The van der Waals surface area contributed by atoms with Gasteiger partial charge in [0.2, 0.25) is 0 Å². The highest BCUT2D eigenvalue weighted by atomic mass is 16.7. The number of aryl methyl sites for hydroxylation is 1. The molecule has 0 N–H and O–H groups in total. The van der Waals surface area contributed by atoms with Gasteiger partial charge in [-0.1, -0.05) is 23.8 Å². The summed E-state index contributed by atoms with van der Waals surface area (Å²) in [6.45, 7) is 11.4. The van der Waals surface area contributed by atoms with E-state index in [9.17, 15) is 0 Å². The molecule has 110 valence electrons. The Balaban J connectivity index is 2.36. The standard InChI is InChI=1S/C16H26BNO2/c1-12-8-9-13(11-18(6)7)14(10-12)17-19-15(2,3)16(4,5)20-17/h8-10H,11H2,1-7H3. The van der Waals surface area contributed by atoms with E-state index in [1.165, 1.54) is 11.1 Å². The van der Waals surface area contributed by atoms with E-state index < -0.39 is 0 Å². The molecule has 1 heterocycles. The van der Waals surface area contributed by atoms with Crippen LogP contribution in [0.15, 0.2) is 18.2 Å². The number of benzene rings is 1. The third-order valence-electron chi connectivity index (χ3n) is 4.30. The molecule has 1 aliphatic heterocycles. The van der Waals surface area contributed by atoms with Crippen molar-refractivity contribution >= 4 is 12.6 Å². The van der Waals surface area contributed by atoms with Crippen molar-refractivity contribution < 1.29 is 9.31 Å². The first kappa shape index (κ1) is 15.6. The summed E-state index contributed by atoms with van der Waals surface area (Å²) in [5.41, 5.74) is 3.06. The van der Waals surface area contributed by atoms with Crippen LogP contribution in [0.1, 0.15) is 38.8 Å². The zero-order chi connectivity index (χ0) is 15.1. The fourth-order valence-electron chi connectivity index (χ4n) is 2.39. The molecule has 0 saturated carbocycles. The minimum absolute atomic E-state index is 0.283. The summed E-state index contributed by atoms with van der Waals surface area (Å²) in [6, 6.07) is 6.50. The quantitative estimate of drug-likeness (QED) is 0.790. The van der Waals surface area contributed by atoms with Gasteiger partial charge in [-0.05, 0) is 59.7 Å². The molecule has 1 aromatic rings. The van der Waals surface area contributed by atoms with E-state index >= 15 is 0 Å². The molecule has 0 atom stereocenters. The first-order valence-corrected chi connectivity index (χ1v) is 7.22. The molecule has 20 heavy (non-hydrogen) atoms. The van der Waals surface area contributed by atoms with Crippen LogP contribution in [-0.2, 0) is 15.9 Å². The maximum absolute atomic E-state index is 6.19. The van der Waals surface area contributed by atoms with E-state index in [1.54, 1.807) is 0 Å². The van der Waals surface area contributed by atoms with E-state index in [-0.39, 0.29) is 18.3 Å². The SMILES string of the molecule is Cc1ccc(CN(C)C)c(B2OC(C)(C)C(C)(C)O2)c1. The van der Waals surface area contributed by atoms with Gasteiger partial charge in [0.1, 0.15) is 0 Å². The highest BCUT2D eigenvalue weighted by Crippen LogP contribution is 2.36. The zero-order valence-electron chi connectivity index (χ0n) is 13.8. The van der Waals surface area contributed by atoms with Gasteiger partial charge < -0.3 is 14.2 Å². The van der Waals surface area contributed by atoms with Crippen LogP contribution in [0.3, 0.4) is 0 Å². The Hall–Kier alpha value is -0.835. The monoisotopic (exact) mass is 275 g/mol. The summed E-state index contributed by atoms with van der Waals surface area (Å²) < 4.78 is 12.4. The lowest BCUT2D eigenvalue weighted by molar-refractivity contribution is 0.00578. The second kappa shape index (κ2) is 5.17. The zero-order valence-corrected chi connectivity index (χ0v) is 13.8. The van der Waals surface area contributed by atoms with Gasteiger partial charge in [-0.15, -0.1) is 0 Å². The molecule has 0 unspecified atom stereocenters. The molecule has 3 nitrogen and oxygen atoms in total. The average molecular weight is 275 g/mol. The summed E-state index contributed by atoms with van der Waals surface area (Å²) in [7, 11) is 3.87. The van der Waals surface area contributed by atoms with Gasteiger partial charge in [-0.3, -0.25) is 0 Å². The van der Waals surface area contributed by atoms with Crippen LogP contribution >= 0.6 is 0 Å². The summed E-state index contributed by atoms with van der Waals surface area (Å²) in [5, 5.41) is 0. The number of hydrogen-bond donors (Lipinski definition) is 0. The van der Waals surface area contributed by atoms with Gasteiger partial charge in [-0.2, -0.15) is 0 Å². The third-order valence-corrected chi connectivity index (χ3v) is 4.30. The summed E-state index contributed by atoms with van der Waals surface area (Å²) in [5.74, 6) is 0. The van der Waals surface area contributed by atoms with E-state index in [0.717, 1.165) is 12.0 Å². The van der Waals surface area contributed by atoms with Gasteiger partial charge >= 0.3 is 7.12 Å². The van der Waals surface area contributed by atoms with Crippen molar-refractivity contribution in [3.05, 3.63) is 29.3 Å². The van der Waals surface area contributed by atoms with Gasteiger partial charge in [0, 0.05) is 6.54 Å². The maximum atomic E-state index is 6.19. The van der Waals surface area contributed by atoms with Crippen LogP contribution in [0, 0.1) is 6.92 Å². The van der Waals surface area contributed by atoms with Crippen LogP contribution in [0.5, 0.6) is 0 Å². The molecular weight excluding hydrogens is 249 g/mol. The summed E-state index contributed by atoms with van der Waals surface area (Å²) >= 11 is 0. The lowest BCUT2D eigenvalue weighted by Crippen LogP contribution is -2.41. The van der Waals surface area contributed by atoms with Crippen molar-refractivity contribution in [2.75, 3.05) is 14.1 Å². The predicted octanol–water partition coefficient (Wildman–Crippen LogP) is 2.36. The van der Waals surface area contributed by atoms with E-state index in [0.29, 0.717) is 0 Å². The molecule has 4 heteroatoms. The minimum atomic E-state index is -0.295. The van der Waals surface area contributed by atoms with Gasteiger partial charge in [0.05, 0.1) is 11.2 Å². The Morgan fingerprint density at radius 3 is 2.10 bits per heavy atom. The van der Waals surface area contributed by atoms with Gasteiger partial charge in [0.25, 0.3) is 0 Å². The molecule has 0 radical (unpaired) electrons. The van der Waals surface area contributed by atoms with Crippen molar-refractivity contribution in [2.45, 2.75) is 52.4 Å². The van der Waals surface area contributed by atoms with Crippen molar-refractivity contribution in [2.24, 2.45) is 0 Å². The van der Waals surface area contributed by atoms with Gasteiger partial charge in [-0.25, -0.2) is 0 Å². The van der Waals surface area contributed by atoms with Crippen LogP contribution in [0.4, 0.5) is 0 Å². The average Bonchev–Trinajstić information content (AvgIpc) is 2.50. The molecule has 1 aliphatic rings. The normalized spacial score (nSPS) is 20.7. The Morgan fingerprint density at radius 1 is 1.05 bits per heavy atom. The molecule has 0 aliphatic carbocycles. The molecule has 1 aromatic carbocycles. The molecule has 0 spiro atoms. The van der Waals surface area contributed by atoms with Crippen molar-refractivity contribution in [3.8, 4) is 0 Å². The highest BCUT2D eigenvalue weighted by molar-refractivity contribution is 6.62. The summed E-state index contributed by atoms with van der Waals surface area (Å²) in [6.07, 6.45) is 0. The number of rotatable bonds is 3. The smallest absolute Gasteiger partial charge is 0.399 e. The largest absolute Gasteiger partial charge is 0.495 e. The molecule has 0 bridgehead atoms. The fourth-order valence-corrected chi connectivity index (χ4v) is 2.39. The lowest BCUT2D eigenvalue weighted by atomic mass is 9.75. The second-order valence-corrected chi connectivity index (χ2v) is 7.03. The molecular formula is C16H26BNO2. The summed E-state index contributed by atoms with van der Waals surface area (Å²) in [4.78, 5) is 2.17. The van der Waals surface area contributed by atoms with Crippen molar-refractivity contribution in [1.29, 1.82) is 0 Å². The first-order chi connectivity index (χ1) is 9.12. The molecule has 1 fully saturated rings. The van der Waals surface area contributed by atoms with Crippen LogP contribution in [0.2, 0.25) is 0 Å². The highest BCUT2D eigenvalue weighted by Gasteiger charge is 2.52. The third kappa shape index (κ3) is 2.92. The molecule has 1 saturated heterocycles. The predicted molar refractivity (Wildman–Crippen MR) is 84.3 cm³/mol. The van der Waals surface area contributed by atoms with E-state index in [1.807, 2.05) is 0 Å². The van der Waals surface area contributed by atoms with Crippen molar-refractivity contribution in [1.82, 2.24) is 4.90 Å². The van der Waals surface area contributed by atoms with Crippen molar-refractivity contribution in [3.63, 3.8) is 0 Å². The topological polar surface area (TPSA) is 21.7 Å². The van der Waals surface area contributed by atoms with Crippen LogP contribution in [-0.4, -0.2) is 37.3 Å². The molecule has 0 aromatic heterocycles. The fraction of sp³-hybridized carbons (Fsp3) is 0.625. The molecule has 2 rings (SSSR count). The number of hydrogen-bond acceptors (Lipinski definition) is 3. The van der Waals surface area contributed by atoms with Crippen LogP contribution in [0.25, 0.3) is 0 Å². The number of nitrogens with zero attached hydrogens (tertiary/aromatic N) is 1. The molecule has 0 amide bonds. The first-order valence-electron chi connectivity index (χ1n) is 7.22. The Kier molecular flexibility index (Phi) is 4.02. The Morgan fingerprint density at radius 2 is 1.60 bits per heavy atom. The van der Waals surface area contributed by atoms with Gasteiger partial charge in [0.15, 0.2) is 0 Å². The Bertz CT molecular complexity index is 481. The second-order valence-electron chi connectivity index (χ2n) is 7.03. The minimum Gasteiger partial charge on any atom is -0.399 e. The van der Waals surface area contributed by atoms with E-state index in [4.69, 9.17) is 9.31 Å².